The summed E-state index contributed by atoms with van der Waals surface area (Å²) in [7, 11) is -1.83. The van der Waals surface area contributed by atoms with Gasteiger partial charge in [0.1, 0.15) is 11.6 Å². The molecule has 158 valence electrons. The number of aromatic nitrogens is 3. The normalized spacial score (nSPS) is 11.4. The molecule has 1 amide bonds. The SMILES string of the molecule is CCc1ccc(NC(=O)CSc2nnc(CS(=O)(=O)c3ccc(C)cc3)n2C)cc1. The lowest BCUT2D eigenvalue weighted by Gasteiger charge is -2.07. The van der Waals surface area contributed by atoms with Crippen LogP contribution in [0.4, 0.5) is 5.69 Å². The quantitative estimate of drug-likeness (QED) is 0.535. The molecule has 0 aliphatic rings. The van der Waals surface area contributed by atoms with Gasteiger partial charge in [-0.15, -0.1) is 10.2 Å². The van der Waals surface area contributed by atoms with Gasteiger partial charge in [0.05, 0.1) is 10.6 Å². The fraction of sp³-hybridized carbons (Fsp3) is 0.286. The van der Waals surface area contributed by atoms with Gasteiger partial charge < -0.3 is 9.88 Å². The van der Waals surface area contributed by atoms with Crippen molar-refractivity contribution in [2.45, 2.75) is 36.1 Å². The number of benzene rings is 2. The van der Waals surface area contributed by atoms with Crippen molar-refractivity contribution in [2.24, 2.45) is 7.05 Å². The number of thioether (sulfide) groups is 1. The molecule has 3 aromatic rings. The Kier molecular flexibility index (Phi) is 6.94. The van der Waals surface area contributed by atoms with Gasteiger partial charge in [-0.2, -0.15) is 0 Å². The Morgan fingerprint density at radius 2 is 1.73 bits per heavy atom. The summed E-state index contributed by atoms with van der Waals surface area (Å²) in [5.74, 6) is 0.0530. The highest BCUT2D eigenvalue weighted by Gasteiger charge is 2.20. The van der Waals surface area contributed by atoms with Crippen LogP contribution >= 0.6 is 11.8 Å². The van der Waals surface area contributed by atoms with E-state index in [9.17, 15) is 13.2 Å². The minimum absolute atomic E-state index is 0.145. The molecule has 0 saturated heterocycles. The van der Waals surface area contributed by atoms with E-state index in [1.165, 1.54) is 17.3 Å². The van der Waals surface area contributed by atoms with Crippen LogP contribution in [0.1, 0.15) is 23.9 Å². The van der Waals surface area contributed by atoms with E-state index in [1.54, 1.807) is 35.9 Å². The van der Waals surface area contributed by atoms with Gasteiger partial charge in [-0.1, -0.05) is 48.5 Å². The zero-order valence-corrected chi connectivity index (χ0v) is 18.8. The molecule has 1 heterocycles. The Hall–Kier alpha value is -2.65. The van der Waals surface area contributed by atoms with Crippen LogP contribution in [-0.2, 0) is 33.9 Å². The first-order chi connectivity index (χ1) is 14.3. The first-order valence-electron chi connectivity index (χ1n) is 9.48. The molecule has 0 bridgehead atoms. The zero-order chi connectivity index (χ0) is 21.7. The van der Waals surface area contributed by atoms with Crippen LogP contribution in [-0.4, -0.2) is 34.8 Å². The molecule has 7 nitrogen and oxygen atoms in total. The second kappa shape index (κ2) is 9.44. The predicted octanol–water partition coefficient (Wildman–Crippen LogP) is 3.39. The van der Waals surface area contributed by atoms with Crippen LogP contribution in [0, 0.1) is 6.92 Å². The summed E-state index contributed by atoms with van der Waals surface area (Å²) in [6.45, 7) is 3.98. The number of hydrogen-bond donors (Lipinski definition) is 1. The summed E-state index contributed by atoms with van der Waals surface area (Å²) in [6.07, 6.45) is 0.943. The average Bonchev–Trinajstić information content (AvgIpc) is 3.06. The molecule has 30 heavy (non-hydrogen) atoms. The minimum atomic E-state index is -3.53. The molecule has 2 aromatic carbocycles. The summed E-state index contributed by atoms with van der Waals surface area (Å²) in [4.78, 5) is 12.5. The molecule has 1 N–H and O–H groups in total. The van der Waals surface area contributed by atoms with E-state index in [-0.39, 0.29) is 22.3 Å². The maximum absolute atomic E-state index is 12.6. The van der Waals surface area contributed by atoms with Crippen molar-refractivity contribution in [2.75, 3.05) is 11.1 Å². The number of hydrogen-bond acceptors (Lipinski definition) is 6. The first-order valence-corrected chi connectivity index (χ1v) is 12.1. The van der Waals surface area contributed by atoms with Crippen molar-refractivity contribution in [3.63, 3.8) is 0 Å². The van der Waals surface area contributed by atoms with Crippen LogP contribution in [0.3, 0.4) is 0 Å². The van der Waals surface area contributed by atoms with E-state index in [4.69, 9.17) is 0 Å². The zero-order valence-electron chi connectivity index (χ0n) is 17.1. The number of carbonyl (C=O) groups is 1. The highest BCUT2D eigenvalue weighted by atomic mass is 32.2. The number of sulfone groups is 1. The minimum Gasteiger partial charge on any atom is -0.325 e. The molecule has 0 spiro atoms. The van der Waals surface area contributed by atoms with Crippen LogP contribution in [0.15, 0.2) is 58.6 Å². The maximum Gasteiger partial charge on any atom is 0.234 e. The van der Waals surface area contributed by atoms with E-state index in [0.29, 0.717) is 11.0 Å². The van der Waals surface area contributed by atoms with E-state index in [2.05, 4.69) is 22.4 Å². The topological polar surface area (TPSA) is 94.0 Å². The molecule has 0 unspecified atom stereocenters. The number of nitrogens with one attached hydrogen (secondary N) is 1. The van der Waals surface area contributed by atoms with Crippen molar-refractivity contribution in [3.8, 4) is 0 Å². The van der Waals surface area contributed by atoms with E-state index < -0.39 is 9.84 Å². The average molecular weight is 445 g/mol. The molecule has 0 saturated carbocycles. The fourth-order valence-corrected chi connectivity index (χ4v) is 4.78. The molecule has 3 rings (SSSR count). The Balaban J connectivity index is 1.60. The van der Waals surface area contributed by atoms with Gasteiger partial charge in [0.25, 0.3) is 0 Å². The second-order valence-electron chi connectivity index (χ2n) is 6.92. The Labute approximate surface area is 180 Å². The standard InChI is InChI=1S/C21H24N4O3S2/c1-4-16-7-9-17(10-8-16)22-20(26)13-29-21-24-23-19(25(21)3)14-30(27,28)18-11-5-15(2)6-12-18/h5-12H,4,13-14H2,1-3H3,(H,22,26). The monoisotopic (exact) mass is 444 g/mol. The van der Waals surface area contributed by atoms with E-state index >= 15 is 0 Å². The van der Waals surface area contributed by atoms with Crippen LogP contribution in [0.5, 0.6) is 0 Å². The Bertz CT molecular complexity index is 1120. The number of rotatable bonds is 8. The van der Waals surface area contributed by atoms with Crippen LogP contribution in [0.2, 0.25) is 0 Å². The van der Waals surface area contributed by atoms with Crippen LogP contribution < -0.4 is 5.32 Å². The number of nitrogens with zero attached hydrogens (tertiary/aromatic N) is 3. The third-order valence-electron chi connectivity index (χ3n) is 4.60. The van der Waals surface area contributed by atoms with E-state index in [1.807, 2.05) is 31.2 Å². The van der Waals surface area contributed by atoms with Gasteiger partial charge in [-0.3, -0.25) is 4.79 Å². The van der Waals surface area contributed by atoms with Gasteiger partial charge in [0.2, 0.25) is 5.91 Å². The number of aryl methyl sites for hydroxylation is 2. The second-order valence-corrected chi connectivity index (χ2v) is 9.85. The molecular formula is C21H24N4O3S2. The molecule has 0 fully saturated rings. The molecular weight excluding hydrogens is 420 g/mol. The smallest absolute Gasteiger partial charge is 0.234 e. The lowest BCUT2D eigenvalue weighted by atomic mass is 10.1. The highest BCUT2D eigenvalue weighted by molar-refractivity contribution is 7.99. The first kappa shape index (κ1) is 22.0. The fourth-order valence-electron chi connectivity index (χ4n) is 2.75. The summed E-state index contributed by atoms with van der Waals surface area (Å²) in [5.41, 5.74) is 2.93. The van der Waals surface area contributed by atoms with Gasteiger partial charge in [-0.05, 0) is 43.2 Å². The summed E-state index contributed by atoms with van der Waals surface area (Å²) >= 11 is 1.21. The van der Waals surface area contributed by atoms with Gasteiger partial charge in [0.15, 0.2) is 15.0 Å². The van der Waals surface area contributed by atoms with Crippen molar-refractivity contribution < 1.29 is 13.2 Å². The molecule has 0 aliphatic heterocycles. The van der Waals surface area contributed by atoms with Gasteiger partial charge in [-0.25, -0.2) is 8.42 Å². The highest BCUT2D eigenvalue weighted by Crippen LogP contribution is 2.20. The van der Waals surface area contributed by atoms with Crippen molar-refractivity contribution >= 4 is 33.2 Å². The van der Waals surface area contributed by atoms with Crippen molar-refractivity contribution in [1.82, 2.24) is 14.8 Å². The number of amides is 1. The van der Waals surface area contributed by atoms with Crippen LogP contribution in [0.25, 0.3) is 0 Å². The van der Waals surface area contributed by atoms with Gasteiger partial charge >= 0.3 is 0 Å². The number of anilines is 1. The predicted molar refractivity (Wildman–Crippen MR) is 118 cm³/mol. The number of carbonyl (C=O) groups excluding carboxylic acids is 1. The summed E-state index contributed by atoms with van der Waals surface area (Å²) in [5, 5.41) is 11.4. The molecule has 9 heteroatoms. The lowest BCUT2D eigenvalue weighted by Crippen LogP contribution is -2.14. The van der Waals surface area contributed by atoms with Crippen molar-refractivity contribution in [1.29, 1.82) is 0 Å². The summed E-state index contributed by atoms with van der Waals surface area (Å²) in [6, 6.07) is 14.4. The van der Waals surface area contributed by atoms with Crippen molar-refractivity contribution in [3.05, 3.63) is 65.5 Å². The third-order valence-corrected chi connectivity index (χ3v) is 7.25. The molecule has 0 aliphatic carbocycles. The Morgan fingerprint density at radius 1 is 1.07 bits per heavy atom. The van der Waals surface area contributed by atoms with Gasteiger partial charge in [0, 0.05) is 12.7 Å². The largest absolute Gasteiger partial charge is 0.325 e. The third kappa shape index (κ3) is 5.48. The molecule has 0 atom stereocenters. The van der Waals surface area contributed by atoms with E-state index in [0.717, 1.165) is 17.7 Å². The Morgan fingerprint density at radius 3 is 2.37 bits per heavy atom. The lowest BCUT2D eigenvalue weighted by molar-refractivity contribution is -0.113. The summed E-state index contributed by atoms with van der Waals surface area (Å²) < 4.78 is 26.9. The molecule has 0 radical (unpaired) electrons. The maximum atomic E-state index is 12.6. The molecule has 1 aromatic heterocycles.